The maximum atomic E-state index is 8.55. The monoisotopic (exact) mass is 220 g/mol. The third kappa shape index (κ3) is 1.84. The molecule has 0 aliphatic rings. The summed E-state index contributed by atoms with van der Waals surface area (Å²) in [6, 6.07) is 9.28. The van der Waals surface area contributed by atoms with Crippen molar-refractivity contribution in [3.8, 4) is 12.1 Å². The highest BCUT2D eigenvalue weighted by Crippen LogP contribution is 2.18. The molecule has 58 valence electrons. The molecule has 0 atom stereocenters. The zero-order valence-corrected chi connectivity index (χ0v) is 7.80. The molecule has 0 bridgehead atoms. The molecule has 0 radical (unpaired) electrons. The molecule has 12 heavy (non-hydrogen) atoms. The molecular formula is C9H5BrN2. The Balaban J connectivity index is 3.07. The highest BCUT2D eigenvalue weighted by molar-refractivity contribution is 9.10. The minimum Gasteiger partial charge on any atom is -0.198 e. The quantitative estimate of drug-likeness (QED) is 0.730. The van der Waals surface area contributed by atoms with Crippen molar-refractivity contribution < 1.29 is 0 Å². The fraction of sp³-hybridized carbons (Fsp3) is 0.111. The second-order valence-corrected chi connectivity index (χ2v) is 3.11. The van der Waals surface area contributed by atoms with Crippen molar-refractivity contribution in [1.29, 1.82) is 10.5 Å². The van der Waals surface area contributed by atoms with E-state index in [4.69, 9.17) is 10.5 Å². The molecule has 1 aromatic rings. The van der Waals surface area contributed by atoms with Crippen LogP contribution in [-0.2, 0) is 6.42 Å². The van der Waals surface area contributed by atoms with E-state index in [9.17, 15) is 0 Å². The second-order valence-electron chi connectivity index (χ2n) is 2.25. The molecule has 0 N–H and O–H groups in total. The molecule has 3 heteroatoms. The van der Waals surface area contributed by atoms with Gasteiger partial charge in [-0.2, -0.15) is 10.5 Å². The lowest BCUT2D eigenvalue weighted by molar-refractivity contribution is 1.24. The molecule has 1 rings (SSSR count). The van der Waals surface area contributed by atoms with Crippen LogP contribution in [0.15, 0.2) is 22.7 Å². The summed E-state index contributed by atoms with van der Waals surface area (Å²) in [5.41, 5.74) is 1.51. The van der Waals surface area contributed by atoms with Crippen molar-refractivity contribution >= 4 is 15.9 Å². The van der Waals surface area contributed by atoms with E-state index in [1.54, 1.807) is 18.2 Å². The Kier molecular flexibility index (Phi) is 2.85. The van der Waals surface area contributed by atoms with Crippen LogP contribution in [-0.4, -0.2) is 0 Å². The molecule has 2 nitrogen and oxygen atoms in total. The summed E-state index contributed by atoms with van der Waals surface area (Å²) in [7, 11) is 0. The highest BCUT2D eigenvalue weighted by Gasteiger charge is 1.99. The maximum Gasteiger partial charge on any atom is 0.0992 e. The summed E-state index contributed by atoms with van der Waals surface area (Å²) in [6.45, 7) is 0. The van der Waals surface area contributed by atoms with Crippen molar-refractivity contribution in [2.45, 2.75) is 6.42 Å². The lowest BCUT2D eigenvalue weighted by atomic mass is 10.1. The third-order valence-electron chi connectivity index (χ3n) is 1.45. The normalized spacial score (nSPS) is 8.58. The molecule has 0 amide bonds. The molecule has 0 unspecified atom stereocenters. The minimum absolute atomic E-state index is 0.367. The zero-order chi connectivity index (χ0) is 8.97. The van der Waals surface area contributed by atoms with Crippen molar-refractivity contribution in [3.63, 3.8) is 0 Å². The van der Waals surface area contributed by atoms with Gasteiger partial charge in [-0.3, -0.25) is 0 Å². The van der Waals surface area contributed by atoms with E-state index < -0.39 is 0 Å². The average molecular weight is 221 g/mol. The van der Waals surface area contributed by atoms with Gasteiger partial charge in [-0.05, 0) is 17.7 Å². The lowest BCUT2D eigenvalue weighted by Crippen LogP contribution is -1.84. The number of halogens is 1. The summed E-state index contributed by atoms with van der Waals surface area (Å²) in [4.78, 5) is 0. The van der Waals surface area contributed by atoms with E-state index in [2.05, 4.69) is 15.9 Å². The average Bonchev–Trinajstić information content (AvgIpc) is 2.09. The van der Waals surface area contributed by atoms with Crippen LogP contribution < -0.4 is 0 Å². The van der Waals surface area contributed by atoms with Crippen LogP contribution in [0.2, 0.25) is 0 Å². The maximum absolute atomic E-state index is 8.55. The minimum atomic E-state index is 0.367. The van der Waals surface area contributed by atoms with Crippen molar-refractivity contribution in [2.75, 3.05) is 0 Å². The number of nitriles is 2. The van der Waals surface area contributed by atoms with Crippen LogP contribution in [0.5, 0.6) is 0 Å². The number of rotatable bonds is 1. The summed E-state index contributed by atoms with van der Waals surface area (Å²) >= 11 is 3.29. The van der Waals surface area contributed by atoms with Gasteiger partial charge in [0.1, 0.15) is 0 Å². The molecule has 0 saturated carbocycles. The first-order chi connectivity index (χ1) is 5.77. The summed E-state index contributed by atoms with van der Waals surface area (Å²) in [5.74, 6) is 0. The first-order valence-corrected chi connectivity index (χ1v) is 4.12. The Labute approximate surface area is 79.2 Å². The van der Waals surface area contributed by atoms with Crippen LogP contribution in [0.25, 0.3) is 0 Å². The van der Waals surface area contributed by atoms with Crippen LogP contribution >= 0.6 is 15.9 Å². The van der Waals surface area contributed by atoms with Crippen LogP contribution in [0, 0.1) is 22.7 Å². The van der Waals surface area contributed by atoms with Gasteiger partial charge in [-0.1, -0.05) is 22.0 Å². The van der Waals surface area contributed by atoms with Gasteiger partial charge in [-0.15, -0.1) is 0 Å². The first-order valence-electron chi connectivity index (χ1n) is 3.33. The summed E-state index contributed by atoms with van der Waals surface area (Å²) in [5, 5.41) is 17.0. The van der Waals surface area contributed by atoms with E-state index in [0.29, 0.717) is 12.0 Å². The standard InChI is InChI=1S/C9H5BrN2/c10-9-5-7(6-12)1-2-8(9)3-4-11/h1-2,5H,3H2. The SMILES string of the molecule is N#CCc1ccc(C#N)cc1Br. The molecular weight excluding hydrogens is 216 g/mol. The first kappa shape index (κ1) is 8.77. The molecule has 0 aliphatic carbocycles. The van der Waals surface area contributed by atoms with Gasteiger partial charge in [0.2, 0.25) is 0 Å². The van der Waals surface area contributed by atoms with Gasteiger partial charge in [0.25, 0.3) is 0 Å². The molecule has 0 heterocycles. The van der Waals surface area contributed by atoms with Gasteiger partial charge < -0.3 is 0 Å². The van der Waals surface area contributed by atoms with Crippen molar-refractivity contribution in [2.24, 2.45) is 0 Å². The molecule has 0 fully saturated rings. The van der Waals surface area contributed by atoms with E-state index in [1.807, 2.05) is 12.1 Å². The largest absolute Gasteiger partial charge is 0.198 e. The van der Waals surface area contributed by atoms with Gasteiger partial charge in [0, 0.05) is 4.47 Å². The Morgan fingerprint density at radius 1 is 1.33 bits per heavy atom. The highest BCUT2D eigenvalue weighted by atomic mass is 79.9. The summed E-state index contributed by atoms with van der Waals surface area (Å²) < 4.78 is 0.822. The van der Waals surface area contributed by atoms with Gasteiger partial charge in [-0.25, -0.2) is 0 Å². The van der Waals surface area contributed by atoms with E-state index in [0.717, 1.165) is 10.0 Å². The van der Waals surface area contributed by atoms with Gasteiger partial charge in [0.05, 0.1) is 24.1 Å². The lowest BCUT2D eigenvalue weighted by Gasteiger charge is -1.98. The Hall–Kier alpha value is -1.32. The summed E-state index contributed by atoms with van der Waals surface area (Å²) in [6.07, 6.45) is 0.367. The predicted octanol–water partition coefficient (Wildman–Crippen LogP) is 2.39. The van der Waals surface area contributed by atoms with Gasteiger partial charge in [0.15, 0.2) is 0 Å². The van der Waals surface area contributed by atoms with E-state index in [1.165, 1.54) is 0 Å². The zero-order valence-electron chi connectivity index (χ0n) is 6.21. The number of hydrogen-bond acceptors (Lipinski definition) is 2. The van der Waals surface area contributed by atoms with Crippen LogP contribution in [0.1, 0.15) is 11.1 Å². The second kappa shape index (κ2) is 3.90. The van der Waals surface area contributed by atoms with Crippen LogP contribution in [0.3, 0.4) is 0 Å². The van der Waals surface area contributed by atoms with Gasteiger partial charge >= 0.3 is 0 Å². The Morgan fingerprint density at radius 3 is 2.58 bits per heavy atom. The Morgan fingerprint density at radius 2 is 2.08 bits per heavy atom. The molecule has 0 saturated heterocycles. The molecule has 0 aliphatic heterocycles. The predicted molar refractivity (Wildman–Crippen MR) is 48.2 cm³/mol. The number of benzene rings is 1. The molecule has 1 aromatic carbocycles. The van der Waals surface area contributed by atoms with E-state index in [-0.39, 0.29) is 0 Å². The van der Waals surface area contributed by atoms with Crippen molar-refractivity contribution in [3.05, 3.63) is 33.8 Å². The van der Waals surface area contributed by atoms with E-state index >= 15 is 0 Å². The molecule has 0 spiro atoms. The smallest absolute Gasteiger partial charge is 0.0992 e. The fourth-order valence-corrected chi connectivity index (χ4v) is 1.36. The topological polar surface area (TPSA) is 47.6 Å². The fourth-order valence-electron chi connectivity index (χ4n) is 0.845. The number of hydrogen-bond donors (Lipinski definition) is 0. The van der Waals surface area contributed by atoms with Crippen LogP contribution in [0.4, 0.5) is 0 Å². The number of nitrogens with zero attached hydrogens (tertiary/aromatic N) is 2. The van der Waals surface area contributed by atoms with Crippen molar-refractivity contribution in [1.82, 2.24) is 0 Å². The molecule has 0 aromatic heterocycles. The third-order valence-corrected chi connectivity index (χ3v) is 2.19. The Bertz CT molecular complexity index is 371.